The van der Waals surface area contributed by atoms with E-state index in [1.54, 1.807) is 11.0 Å². The number of hydrogen-bond acceptors (Lipinski definition) is 4. The van der Waals surface area contributed by atoms with Gasteiger partial charge in [0.15, 0.2) is 0 Å². The Kier molecular flexibility index (Phi) is 3.66. The minimum atomic E-state index is 0.303. The molecular formula is C16H16N4O. The summed E-state index contributed by atoms with van der Waals surface area (Å²) in [5, 5.41) is 4.32. The van der Waals surface area contributed by atoms with Crippen LogP contribution in [-0.2, 0) is 6.54 Å². The molecule has 3 rings (SSSR count). The fraction of sp³-hybridized carbons (Fsp3) is 0.125. The van der Waals surface area contributed by atoms with E-state index in [2.05, 4.69) is 10.1 Å². The van der Waals surface area contributed by atoms with Crippen molar-refractivity contribution in [2.45, 2.75) is 13.5 Å². The summed E-state index contributed by atoms with van der Waals surface area (Å²) in [6.07, 6.45) is 1.63. The summed E-state index contributed by atoms with van der Waals surface area (Å²) in [6, 6.07) is 15.9. The molecule has 0 atom stereocenters. The van der Waals surface area contributed by atoms with Crippen molar-refractivity contribution in [3.8, 4) is 17.4 Å². The molecule has 0 spiro atoms. The topological polar surface area (TPSA) is 66.0 Å². The highest BCUT2D eigenvalue weighted by Crippen LogP contribution is 2.24. The van der Waals surface area contributed by atoms with Gasteiger partial charge in [0.1, 0.15) is 12.1 Å². The number of para-hydroxylation sites is 1. The Morgan fingerprint density at radius 3 is 2.71 bits per heavy atom. The Balaban J connectivity index is 1.85. The highest BCUT2D eigenvalue weighted by atomic mass is 16.5. The average molecular weight is 280 g/mol. The van der Waals surface area contributed by atoms with Crippen LogP contribution in [0.25, 0.3) is 5.69 Å². The molecular weight excluding hydrogens is 264 g/mol. The second kappa shape index (κ2) is 5.76. The monoisotopic (exact) mass is 280 g/mol. The molecule has 0 amide bonds. The summed E-state index contributed by atoms with van der Waals surface area (Å²) in [7, 11) is 0. The first kappa shape index (κ1) is 13.3. The maximum absolute atomic E-state index is 5.74. The summed E-state index contributed by atoms with van der Waals surface area (Å²) >= 11 is 0. The molecule has 0 bridgehead atoms. The fourth-order valence-corrected chi connectivity index (χ4v) is 2.07. The number of nitrogens with two attached hydrogens (primary N) is 1. The fourth-order valence-electron chi connectivity index (χ4n) is 2.07. The van der Waals surface area contributed by atoms with Crippen LogP contribution in [-0.4, -0.2) is 14.8 Å². The first-order valence-electron chi connectivity index (χ1n) is 6.71. The van der Waals surface area contributed by atoms with Crippen LogP contribution in [0.3, 0.4) is 0 Å². The van der Waals surface area contributed by atoms with Gasteiger partial charge in [-0.15, -0.1) is 5.10 Å². The highest BCUT2D eigenvalue weighted by Gasteiger charge is 2.08. The van der Waals surface area contributed by atoms with E-state index in [1.807, 2.05) is 55.5 Å². The maximum atomic E-state index is 5.74. The maximum Gasteiger partial charge on any atom is 0.341 e. The van der Waals surface area contributed by atoms with Crippen molar-refractivity contribution in [2.75, 3.05) is 0 Å². The second-order valence-corrected chi connectivity index (χ2v) is 4.72. The molecule has 5 heteroatoms. The smallest absolute Gasteiger partial charge is 0.341 e. The number of aromatic nitrogens is 3. The lowest BCUT2D eigenvalue weighted by Crippen LogP contribution is -2.01. The molecule has 0 saturated heterocycles. The summed E-state index contributed by atoms with van der Waals surface area (Å²) in [5.74, 6) is 0.689. The number of benzene rings is 2. The Morgan fingerprint density at radius 1 is 1.14 bits per heavy atom. The van der Waals surface area contributed by atoms with Crippen molar-refractivity contribution in [1.29, 1.82) is 0 Å². The van der Waals surface area contributed by atoms with Crippen molar-refractivity contribution in [2.24, 2.45) is 5.73 Å². The highest BCUT2D eigenvalue weighted by molar-refractivity contribution is 5.38. The van der Waals surface area contributed by atoms with Crippen LogP contribution in [0.1, 0.15) is 11.1 Å². The van der Waals surface area contributed by atoms with Crippen LogP contribution >= 0.6 is 0 Å². The van der Waals surface area contributed by atoms with E-state index >= 15 is 0 Å². The molecule has 0 fully saturated rings. The van der Waals surface area contributed by atoms with Gasteiger partial charge in [-0.2, -0.15) is 4.98 Å². The van der Waals surface area contributed by atoms with Gasteiger partial charge < -0.3 is 10.5 Å². The molecule has 21 heavy (non-hydrogen) atoms. The molecule has 2 aromatic carbocycles. The van der Waals surface area contributed by atoms with Crippen LogP contribution in [0.15, 0.2) is 54.9 Å². The van der Waals surface area contributed by atoms with E-state index in [0.717, 1.165) is 16.8 Å². The number of rotatable bonds is 4. The van der Waals surface area contributed by atoms with Crippen molar-refractivity contribution >= 4 is 0 Å². The van der Waals surface area contributed by atoms with Crippen molar-refractivity contribution in [1.82, 2.24) is 14.8 Å². The first-order chi connectivity index (χ1) is 10.3. The molecule has 0 unspecified atom stereocenters. The zero-order valence-corrected chi connectivity index (χ0v) is 11.7. The summed E-state index contributed by atoms with van der Waals surface area (Å²) < 4.78 is 7.41. The standard InChI is InChI=1S/C16H16N4O/c1-12-7-8-15(13(9-12)10-17)21-16-18-11-20(19-16)14-5-3-2-4-6-14/h2-9,11H,10,17H2,1H3. The normalized spacial score (nSPS) is 10.6. The van der Waals surface area contributed by atoms with Crippen LogP contribution in [0.2, 0.25) is 0 Å². The molecule has 0 aliphatic heterocycles. The first-order valence-corrected chi connectivity index (χ1v) is 6.71. The summed E-state index contributed by atoms with van der Waals surface area (Å²) in [5.41, 5.74) is 8.76. The molecule has 0 aliphatic rings. The third-order valence-electron chi connectivity index (χ3n) is 3.13. The van der Waals surface area contributed by atoms with Crippen molar-refractivity contribution in [3.05, 3.63) is 66.0 Å². The predicted molar refractivity (Wildman–Crippen MR) is 80.5 cm³/mol. The lowest BCUT2D eigenvalue weighted by atomic mass is 10.1. The van der Waals surface area contributed by atoms with E-state index in [9.17, 15) is 0 Å². The van der Waals surface area contributed by atoms with Gasteiger partial charge in [0, 0.05) is 12.1 Å². The number of aryl methyl sites for hydroxylation is 1. The van der Waals surface area contributed by atoms with Crippen LogP contribution < -0.4 is 10.5 Å². The van der Waals surface area contributed by atoms with E-state index in [-0.39, 0.29) is 0 Å². The van der Waals surface area contributed by atoms with Gasteiger partial charge in [0.05, 0.1) is 5.69 Å². The second-order valence-electron chi connectivity index (χ2n) is 4.72. The SMILES string of the molecule is Cc1ccc(Oc2ncn(-c3ccccc3)n2)c(CN)c1. The van der Waals surface area contributed by atoms with Crippen LogP contribution in [0.5, 0.6) is 11.8 Å². The largest absolute Gasteiger partial charge is 0.423 e. The molecule has 106 valence electrons. The van der Waals surface area contributed by atoms with E-state index in [0.29, 0.717) is 18.3 Å². The van der Waals surface area contributed by atoms with Gasteiger partial charge in [-0.25, -0.2) is 4.68 Å². The number of nitrogens with zero attached hydrogens (tertiary/aromatic N) is 3. The van der Waals surface area contributed by atoms with Gasteiger partial charge >= 0.3 is 6.01 Å². The zero-order valence-electron chi connectivity index (χ0n) is 11.7. The van der Waals surface area contributed by atoms with Crippen molar-refractivity contribution < 1.29 is 4.74 Å². The Bertz CT molecular complexity index is 737. The predicted octanol–water partition coefficient (Wildman–Crippen LogP) is 2.83. The molecule has 0 radical (unpaired) electrons. The molecule has 3 aromatic rings. The molecule has 0 saturated carbocycles. The Hall–Kier alpha value is -2.66. The Labute approximate surface area is 123 Å². The van der Waals surface area contributed by atoms with Gasteiger partial charge in [0.25, 0.3) is 0 Å². The molecule has 2 N–H and O–H groups in total. The molecule has 1 heterocycles. The van der Waals surface area contributed by atoms with Crippen LogP contribution in [0.4, 0.5) is 0 Å². The third-order valence-corrected chi connectivity index (χ3v) is 3.13. The van der Waals surface area contributed by atoms with Gasteiger partial charge in [-0.05, 0) is 25.1 Å². The van der Waals surface area contributed by atoms with Crippen molar-refractivity contribution in [3.63, 3.8) is 0 Å². The molecule has 1 aromatic heterocycles. The van der Waals surface area contributed by atoms with Gasteiger partial charge in [-0.3, -0.25) is 0 Å². The van der Waals surface area contributed by atoms with Gasteiger partial charge in [-0.1, -0.05) is 35.9 Å². The summed E-state index contributed by atoms with van der Waals surface area (Å²) in [4.78, 5) is 4.17. The zero-order chi connectivity index (χ0) is 14.7. The van der Waals surface area contributed by atoms with Crippen LogP contribution in [0, 0.1) is 6.92 Å². The minimum Gasteiger partial charge on any atom is -0.423 e. The quantitative estimate of drug-likeness (QED) is 0.798. The third kappa shape index (κ3) is 2.93. The molecule has 5 nitrogen and oxygen atoms in total. The number of hydrogen-bond donors (Lipinski definition) is 1. The van der Waals surface area contributed by atoms with E-state index < -0.39 is 0 Å². The van der Waals surface area contributed by atoms with Gasteiger partial charge in [0.2, 0.25) is 0 Å². The average Bonchev–Trinajstić information content (AvgIpc) is 2.98. The lowest BCUT2D eigenvalue weighted by molar-refractivity contribution is 0.436. The number of ether oxygens (including phenoxy) is 1. The van der Waals surface area contributed by atoms with E-state index in [1.165, 1.54) is 0 Å². The summed E-state index contributed by atoms with van der Waals surface area (Å²) in [6.45, 7) is 2.43. The minimum absolute atomic E-state index is 0.303. The molecule has 0 aliphatic carbocycles. The van der Waals surface area contributed by atoms with E-state index in [4.69, 9.17) is 10.5 Å². The lowest BCUT2D eigenvalue weighted by Gasteiger charge is -2.07. The Morgan fingerprint density at radius 2 is 1.95 bits per heavy atom.